The Balaban J connectivity index is 2.09. The highest BCUT2D eigenvalue weighted by Crippen LogP contribution is 2.41. The first kappa shape index (κ1) is 21.9. The Morgan fingerprint density at radius 3 is 2.59 bits per heavy atom. The largest absolute Gasteiger partial charge is 0.457 e. The number of aliphatic hydroxyl groups excluding tert-OH is 1. The zero-order valence-electron chi connectivity index (χ0n) is 17.0. The summed E-state index contributed by atoms with van der Waals surface area (Å²) in [5.74, 6) is 0.491. The molecule has 27 heavy (non-hydrogen) atoms. The normalized spacial score (nSPS) is 36.6. The van der Waals surface area contributed by atoms with Crippen molar-refractivity contribution in [3.05, 3.63) is 37.5 Å². The van der Waals surface area contributed by atoms with Gasteiger partial charge < -0.3 is 14.6 Å². The van der Waals surface area contributed by atoms with Crippen LogP contribution in [0.25, 0.3) is 0 Å². The van der Waals surface area contributed by atoms with Gasteiger partial charge >= 0.3 is 5.97 Å². The fourth-order valence-corrected chi connectivity index (χ4v) is 4.28. The summed E-state index contributed by atoms with van der Waals surface area (Å²) in [7, 11) is 0. The molecule has 0 aromatic rings. The Hall–Kier alpha value is -1.39. The highest BCUT2D eigenvalue weighted by molar-refractivity contribution is 5.70. The third-order valence-corrected chi connectivity index (χ3v) is 6.23. The summed E-state index contributed by atoms with van der Waals surface area (Å²) in [6, 6.07) is 0. The summed E-state index contributed by atoms with van der Waals surface area (Å²) in [6.07, 6.45) is 8.53. The lowest BCUT2D eigenvalue weighted by atomic mass is 9.74. The zero-order valence-corrected chi connectivity index (χ0v) is 17.0. The van der Waals surface area contributed by atoms with Crippen LogP contribution in [0.1, 0.15) is 65.2 Å². The number of ether oxygens (including phenoxy) is 2. The van der Waals surface area contributed by atoms with E-state index in [1.807, 2.05) is 19.9 Å². The van der Waals surface area contributed by atoms with Gasteiger partial charge in [0.25, 0.3) is 0 Å². The Morgan fingerprint density at radius 1 is 1.26 bits per heavy atom. The van der Waals surface area contributed by atoms with Gasteiger partial charge in [0.1, 0.15) is 5.60 Å². The molecule has 0 aliphatic heterocycles. The third-order valence-electron chi connectivity index (χ3n) is 6.23. The van der Waals surface area contributed by atoms with Crippen molar-refractivity contribution in [2.24, 2.45) is 11.8 Å². The van der Waals surface area contributed by atoms with E-state index >= 15 is 0 Å². The van der Waals surface area contributed by atoms with Gasteiger partial charge in [0.05, 0.1) is 18.3 Å². The van der Waals surface area contributed by atoms with Crippen LogP contribution in [0.3, 0.4) is 0 Å². The first-order valence-electron chi connectivity index (χ1n) is 10.2. The van der Waals surface area contributed by atoms with E-state index in [-0.39, 0.29) is 18.2 Å². The lowest BCUT2D eigenvalue weighted by molar-refractivity contribution is -0.205. The van der Waals surface area contributed by atoms with E-state index in [2.05, 4.69) is 19.7 Å². The quantitative estimate of drug-likeness (QED) is 0.491. The van der Waals surface area contributed by atoms with Gasteiger partial charge in [-0.25, -0.2) is 0 Å². The lowest BCUT2D eigenvalue weighted by Gasteiger charge is -2.46. The standard InChI is InChI=1S/C23H36O4/c1-6-8-9-22(25)27-23(5)13-12-18(16(3)4)15-21(23)26-20-11-10-17(7-2)14-19(20)24/h6-7,17-21,24H,1-3,8-15H2,4-5H3. The van der Waals surface area contributed by atoms with Crippen LogP contribution < -0.4 is 0 Å². The Morgan fingerprint density at radius 2 is 2.00 bits per heavy atom. The highest BCUT2D eigenvalue weighted by atomic mass is 16.6. The average Bonchev–Trinajstić information content (AvgIpc) is 2.62. The first-order valence-corrected chi connectivity index (χ1v) is 10.2. The number of hydrogen-bond acceptors (Lipinski definition) is 4. The summed E-state index contributed by atoms with van der Waals surface area (Å²) >= 11 is 0. The first-order chi connectivity index (χ1) is 12.8. The minimum Gasteiger partial charge on any atom is -0.457 e. The third kappa shape index (κ3) is 5.79. The van der Waals surface area contributed by atoms with Gasteiger partial charge in [-0.15, -0.1) is 13.2 Å². The molecular formula is C23H36O4. The van der Waals surface area contributed by atoms with Gasteiger partial charge in [-0.2, -0.15) is 0 Å². The van der Waals surface area contributed by atoms with Crippen molar-refractivity contribution in [3.8, 4) is 0 Å². The molecule has 0 spiro atoms. The molecule has 6 atom stereocenters. The van der Waals surface area contributed by atoms with Crippen LogP contribution in [0.15, 0.2) is 37.5 Å². The van der Waals surface area contributed by atoms with Crippen molar-refractivity contribution in [1.82, 2.24) is 0 Å². The molecule has 6 unspecified atom stereocenters. The number of rotatable bonds is 8. The van der Waals surface area contributed by atoms with Crippen LogP contribution in [0, 0.1) is 11.8 Å². The van der Waals surface area contributed by atoms with Crippen molar-refractivity contribution in [2.75, 3.05) is 0 Å². The number of carbonyl (C=O) groups excluding carboxylic acids is 1. The van der Waals surface area contributed by atoms with E-state index in [0.29, 0.717) is 31.1 Å². The molecule has 2 fully saturated rings. The molecule has 0 bridgehead atoms. The van der Waals surface area contributed by atoms with E-state index in [0.717, 1.165) is 37.7 Å². The summed E-state index contributed by atoms with van der Waals surface area (Å²) in [5.41, 5.74) is 0.471. The molecule has 0 saturated heterocycles. The maximum atomic E-state index is 12.3. The van der Waals surface area contributed by atoms with Crippen LogP contribution in [-0.2, 0) is 14.3 Å². The van der Waals surface area contributed by atoms with Gasteiger partial charge in [0, 0.05) is 6.42 Å². The molecule has 2 rings (SSSR count). The molecule has 0 radical (unpaired) electrons. The number of carbonyl (C=O) groups is 1. The van der Waals surface area contributed by atoms with Crippen LogP contribution in [-0.4, -0.2) is 35.0 Å². The molecule has 0 aromatic heterocycles. The monoisotopic (exact) mass is 376 g/mol. The fourth-order valence-electron chi connectivity index (χ4n) is 4.28. The van der Waals surface area contributed by atoms with Gasteiger partial charge in [-0.1, -0.05) is 24.3 Å². The Bertz CT molecular complexity index is 555. The molecule has 4 heteroatoms. The minimum atomic E-state index is -0.667. The van der Waals surface area contributed by atoms with Crippen LogP contribution in [0.2, 0.25) is 0 Å². The van der Waals surface area contributed by atoms with Crippen molar-refractivity contribution in [1.29, 1.82) is 0 Å². The summed E-state index contributed by atoms with van der Waals surface area (Å²) < 4.78 is 12.3. The summed E-state index contributed by atoms with van der Waals surface area (Å²) in [5, 5.41) is 10.5. The number of allylic oxidation sites excluding steroid dienone is 3. The molecule has 4 nitrogen and oxygen atoms in total. The molecular weight excluding hydrogens is 340 g/mol. The number of hydrogen-bond donors (Lipinski definition) is 1. The highest BCUT2D eigenvalue weighted by Gasteiger charge is 2.46. The molecule has 152 valence electrons. The number of esters is 1. The molecule has 1 N–H and O–H groups in total. The lowest BCUT2D eigenvalue weighted by Crippen LogP contribution is -2.52. The van der Waals surface area contributed by atoms with E-state index in [1.54, 1.807) is 6.08 Å². The Labute approximate surface area is 164 Å². The molecule has 0 amide bonds. The van der Waals surface area contributed by atoms with Crippen molar-refractivity contribution < 1.29 is 19.4 Å². The molecule has 0 heterocycles. The van der Waals surface area contributed by atoms with Crippen LogP contribution in [0.4, 0.5) is 0 Å². The van der Waals surface area contributed by atoms with Gasteiger partial charge in [0.2, 0.25) is 0 Å². The van der Waals surface area contributed by atoms with Crippen LogP contribution in [0.5, 0.6) is 0 Å². The second kappa shape index (κ2) is 9.70. The Kier molecular flexibility index (Phi) is 7.87. The smallest absolute Gasteiger partial charge is 0.306 e. The summed E-state index contributed by atoms with van der Waals surface area (Å²) in [6.45, 7) is 15.6. The predicted octanol–water partition coefficient (Wildman–Crippen LogP) is 4.73. The average molecular weight is 377 g/mol. The molecule has 2 aliphatic rings. The van der Waals surface area contributed by atoms with Gasteiger partial charge in [0.15, 0.2) is 0 Å². The molecule has 2 saturated carbocycles. The predicted molar refractivity (Wildman–Crippen MR) is 108 cm³/mol. The van der Waals surface area contributed by atoms with Gasteiger partial charge in [-0.3, -0.25) is 4.79 Å². The van der Waals surface area contributed by atoms with E-state index < -0.39 is 11.7 Å². The van der Waals surface area contributed by atoms with Gasteiger partial charge in [-0.05, 0) is 70.6 Å². The topological polar surface area (TPSA) is 55.8 Å². The molecule has 2 aliphatic carbocycles. The SMILES string of the molecule is C=CCCC(=O)OC1(C)CCC(C(=C)C)CC1OC1CCC(C=C)CC1O. The second-order valence-electron chi connectivity index (χ2n) is 8.47. The minimum absolute atomic E-state index is 0.212. The van der Waals surface area contributed by atoms with Crippen molar-refractivity contribution >= 4 is 5.97 Å². The van der Waals surface area contributed by atoms with E-state index in [4.69, 9.17) is 9.47 Å². The molecule has 0 aromatic carbocycles. The van der Waals surface area contributed by atoms with Crippen molar-refractivity contribution in [3.63, 3.8) is 0 Å². The summed E-state index contributed by atoms with van der Waals surface area (Å²) in [4.78, 5) is 12.3. The van der Waals surface area contributed by atoms with Crippen molar-refractivity contribution in [2.45, 2.75) is 89.1 Å². The van der Waals surface area contributed by atoms with Crippen LogP contribution >= 0.6 is 0 Å². The second-order valence-corrected chi connectivity index (χ2v) is 8.47. The van der Waals surface area contributed by atoms with E-state index in [1.165, 1.54) is 0 Å². The maximum Gasteiger partial charge on any atom is 0.306 e. The number of aliphatic hydroxyl groups is 1. The van der Waals surface area contributed by atoms with E-state index in [9.17, 15) is 9.90 Å². The maximum absolute atomic E-state index is 12.3. The zero-order chi connectivity index (χ0) is 20.0. The fraction of sp³-hybridized carbons (Fsp3) is 0.696.